The molecule has 2 amide bonds. The first kappa shape index (κ1) is 19.2. The summed E-state index contributed by atoms with van der Waals surface area (Å²) in [5, 5.41) is 5.68. The number of nitrogens with one attached hydrogen (secondary N) is 2. The minimum atomic E-state index is -0.587. The molecule has 0 saturated carbocycles. The molecule has 146 valence electrons. The van der Waals surface area contributed by atoms with Crippen LogP contribution < -0.4 is 15.4 Å². The molecule has 2 aliphatic heterocycles. The Morgan fingerprint density at radius 1 is 1.30 bits per heavy atom. The standard InChI is InChI=1S/C20H27N3O4/c1-13-7-4-5-10-23(13)12-16-17(19(24)27-3)18(22-20(25)21-16)14-8-6-9-15(11-14)26-2/h6,8-9,11,13,18H,4-5,7,10,12H2,1-3H3,(H2,21,22,25). The smallest absolute Gasteiger partial charge is 0.338 e. The van der Waals surface area contributed by atoms with Gasteiger partial charge >= 0.3 is 12.0 Å². The molecule has 2 aliphatic rings. The van der Waals surface area contributed by atoms with E-state index in [4.69, 9.17) is 9.47 Å². The highest BCUT2D eigenvalue weighted by Gasteiger charge is 2.35. The predicted molar refractivity (Wildman–Crippen MR) is 101 cm³/mol. The van der Waals surface area contributed by atoms with Crippen LogP contribution in [-0.2, 0) is 9.53 Å². The maximum atomic E-state index is 12.6. The minimum absolute atomic E-state index is 0.324. The van der Waals surface area contributed by atoms with Crippen molar-refractivity contribution in [1.29, 1.82) is 0 Å². The molecule has 2 atom stereocenters. The fraction of sp³-hybridized carbons (Fsp3) is 0.500. The Morgan fingerprint density at radius 2 is 2.11 bits per heavy atom. The lowest BCUT2D eigenvalue weighted by Crippen LogP contribution is -2.50. The number of benzene rings is 1. The van der Waals surface area contributed by atoms with Gasteiger partial charge in [-0.2, -0.15) is 0 Å². The zero-order valence-corrected chi connectivity index (χ0v) is 16.1. The van der Waals surface area contributed by atoms with Crippen molar-refractivity contribution >= 4 is 12.0 Å². The second kappa shape index (κ2) is 8.43. The summed E-state index contributed by atoms with van der Waals surface area (Å²) in [4.78, 5) is 27.3. The molecule has 2 heterocycles. The zero-order chi connectivity index (χ0) is 19.4. The third-order valence-corrected chi connectivity index (χ3v) is 5.29. The highest BCUT2D eigenvalue weighted by atomic mass is 16.5. The third-order valence-electron chi connectivity index (χ3n) is 5.29. The number of ether oxygens (including phenoxy) is 2. The van der Waals surface area contributed by atoms with E-state index >= 15 is 0 Å². The van der Waals surface area contributed by atoms with Crippen LogP contribution in [0.25, 0.3) is 0 Å². The van der Waals surface area contributed by atoms with Gasteiger partial charge in [-0.3, -0.25) is 4.90 Å². The SMILES string of the molecule is COC(=O)C1=C(CN2CCCCC2C)NC(=O)NC1c1cccc(OC)c1. The molecule has 2 unspecified atom stereocenters. The zero-order valence-electron chi connectivity index (χ0n) is 16.1. The maximum absolute atomic E-state index is 12.6. The summed E-state index contributed by atoms with van der Waals surface area (Å²) in [6, 6.07) is 6.84. The van der Waals surface area contributed by atoms with Gasteiger partial charge in [-0.1, -0.05) is 18.6 Å². The molecule has 1 aromatic carbocycles. The lowest BCUT2D eigenvalue weighted by atomic mass is 9.94. The summed E-state index contributed by atoms with van der Waals surface area (Å²) in [7, 11) is 2.94. The third kappa shape index (κ3) is 4.24. The Kier molecular flexibility index (Phi) is 6.01. The Morgan fingerprint density at radius 3 is 2.81 bits per heavy atom. The van der Waals surface area contributed by atoms with E-state index in [0.717, 1.165) is 24.9 Å². The van der Waals surface area contributed by atoms with Crippen molar-refractivity contribution in [2.24, 2.45) is 0 Å². The van der Waals surface area contributed by atoms with Crippen LogP contribution in [0.4, 0.5) is 4.79 Å². The van der Waals surface area contributed by atoms with E-state index < -0.39 is 12.0 Å². The highest BCUT2D eigenvalue weighted by molar-refractivity contribution is 5.95. The number of urea groups is 1. The Hall–Kier alpha value is -2.54. The average Bonchev–Trinajstić information content (AvgIpc) is 2.69. The van der Waals surface area contributed by atoms with Gasteiger partial charge in [-0.05, 0) is 44.0 Å². The van der Waals surface area contributed by atoms with Gasteiger partial charge in [0, 0.05) is 18.3 Å². The van der Waals surface area contributed by atoms with Crippen molar-refractivity contribution in [3.63, 3.8) is 0 Å². The molecule has 27 heavy (non-hydrogen) atoms. The van der Waals surface area contributed by atoms with Gasteiger partial charge in [-0.15, -0.1) is 0 Å². The Bertz CT molecular complexity index is 746. The van der Waals surface area contributed by atoms with Crippen LogP contribution in [0.1, 0.15) is 37.8 Å². The lowest BCUT2D eigenvalue weighted by molar-refractivity contribution is -0.136. The van der Waals surface area contributed by atoms with E-state index in [1.54, 1.807) is 7.11 Å². The molecule has 1 fully saturated rings. The van der Waals surface area contributed by atoms with Crippen LogP contribution in [0, 0.1) is 0 Å². The average molecular weight is 373 g/mol. The van der Waals surface area contributed by atoms with Crippen molar-refractivity contribution < 1.29 is 19.1 Å². The Balaban J connectivity index is 2.00. The number of nitrogens with zero attached hydrogens (tertiary/aromatic N) is 1. The molecule has 1 saturated heterocycles. The first-order valence-electron chi connectivity index (χ1n) is 9.30. The molecule has 0 aromatic heterocycles. The van der Waals surface area contributed by atoms with Gasteiger partial charge in [0.25, 0.3) is 0 Å². The van der Waals surface area contributed by atoms with Crippen LogP contribution in [0.3, 0.4) is 0 Å². The first-order valence-corrected chi connectivity index (χ1v) is 9.30. The molecule has 2 N–H and O–H groups in total. The van der Waals surface area contributed by atoms with Gasteiger partial charge in [0.1, 0.15) is 5.75 Å². The number of esters is 1. The normalized spacial score (nSPS) is 23.4. The summed E-state index contributed by atoms with van der Waals surface area (Å²) in [6.45, 7) is 3.64. The molecule has 0 bridgehead atoms. The fourth-order valence-corrected chi connectivity index (χ4v) is 3.76. The molecule has 0 spiro atoms. The first-order chi connectivity index (χ1) is 13.0. The molecular weight excluding hydrogens is 346 g/mol. The summed E-state index contributed by atoms with van der Waals surface area (Å²) < 4.78 is 10.3. The summed E-state index contributed by atoms with van der Waals surface area (Å²) in [5.41, 5.74) is 1.81. The van der Waals surface area contributed by atoms with Gasteiger partial charge in [0.15, 0.2) is 0 Å². The number of piperidine rings is 1. The number of amides is 2. The number of hydrogen-bond acceptors (Lipinski definition) is 5. The maximum Gasteiger partial charge on any atom is 0.338 e. The number of methoxy groups -OCH3 is 2. The van der Waals surface area contributed by atoms with Gasteiger partial charge in [-0.25, -0.2) is 9.59 Å². The van der Waals surface area contributed by atoms with Crippen molar-refractivity contribution in [2.75, 3.05) is 27.3 Å². The van der Waals surface area contributed by atoms with Crippen molar-refractivity contribution in [3.8, 4) is 5.75 Å². The number of hydrogen-bond donors (Lipinski definition) is 2. The van der Waals surface area contributed by atoms with Gasteiger partial charge in [0.05, 0.1) is 25.8 Å². The molecular formula is C20H27N3O4. The van der Waals surface area contributed by atoms with Crippen LogP contribution in [0.15, 0.2) is 35.5 Å². The van der Waals surface area contributed by atoms with Crippen molar-refractivity contribution in [2.45, 2.75) is 38.3 Å². The lowest BCUT2D eigenvalue weighted by Gasteiger charge is -2.36. The number of likely N-dealkylation sites (tertiary alicyclic amines) is 1. The monoisotopic (exact) mass is 373 g/mol. The number of carbonyl (C=O) groups is 2. The molecule has 0 radical (unpaired) electrons. The van der Waals surface area contributed by atoms with E-state index in [1.165, 1.54) is 13.5 Å². The van der Waals surface area contributed by atoms with E-state index in [9.17, 15) is 9.59 Å². The summed E-state index contributed by atoms with van der Waals surface area (Å²) >= 11 is 0. The summed E-state index contributed by atoms with van der Waals surface area (Å²) in [6.07, 6.45) is 3.45. The van der Waals surface area contributed by atoms with Crippen LogP contribution >= 0.6 is 0 Å². The molecule has 1 aromatic rings. The molecule has 7 nitrogen and oxygen atoms in total. The van der Waals surface area contributed by atoms with Crippen LogP contribution in [0.5, 0.6) is 5.75 Å². The Labute approximate surface area is 159 Å². The fourth-order valence-electron chi connectivity index (χ4n) is 3.76. The van der Waals surface area contributed by atoms with Crippen molar-refractivity contribution in [3.05, 3.63) is 41.1 Å². The number of rotatable bonds is 5. The topological polar surface area (TPSA) is 79.9 Å². The second-order valence-corrected chi connectivity index (χ2v) is 7.01. The van der Waals surface area contributed by atoms with E-state index in [2.05, 4.69) is 22.5 Å². The highest BCUT2D eigenvalue weighted by Crippen LogP contribution is 2.30. The minimum Gasteiger partial charge on any atom is -0.497 e. The van der Waals surface area contributed by atoms with E-state index in [1.807, 2.05) is 24.3 Å². The van der Waals surface area contributed by atoms with Gasteiger partial charge < -0.3 is 20.1 Å². The molecule has 3 rings (SSSR count). The van der Waals surface area contributed by atoms with E-state index in [-0.39, 0.29) is 6.03 Å². The van der Waals surface area contributed by atoms with Crippen LogP contribution in [-0.4, -0.2) is 50.3 Å². The second-order valence-electron chi connectivity index (χ2n) is 7.01. The summed E-state index contributed by atoms with van der Waals surface area (Å²) in [5.74, 6) is 0.214. The van der Waals surface area contributed by atoms with Gasteiger partial charge in [0.2, 0.25) is 0 Å². The molecule has 7 heteroatoms. The quantitative estimate of drug-likeness (QED) is 0.775. The molecule has 0 aliphatic carbocycles. The van der Waals surface area contributed by atoms with Crippen molar-refractivity contribution in [1.82, 2.24) is 15.5 Å². The number of carbonyl (C=O) groups excluding carboxylic acids is 2. The van der Waals surface area contributed by atoms with Crippen LogP contribution in [0.2, 0.25) is 0 Å². The van der Waals surface area contributed by atoms with E-state index in [0.29, 0.717) is 29.6 Å². The predicted octanol–water partition coefficient (Wildman–Crippen LogP) is 2.35. The largest absolute Gasteiger partial charge is 0.497 e.